The van der Waals surface area contributed by atoms with Gasteiger partial charge < -0.3 is 14.6 Å². The van der Waals surface area contributed by atoms with Gasteiger partial charge in [-0.15, -0.1) is 0 Å². The summed E-state index contributed by atoms with van der Waals surface area (Å²) in [5.41, 5.74) is 4.24. The average molecular weight is 314 g/mol. The SMILES string of the molecule is COc1cc(C)c(C=NNC(=O)c2ccccc2O)cc1OC. The highest BCUT2D eigenvalue weighted by Crippen LogP contribution is 2.29. The summed E-state index contributed by atoms with van der Waals surface area (Å²) < 4.78 is 10.5. The van der Waals surface area contributed by atoms with Crippen molar-refractivity contribution in [3.8, 4) is 17.2 Å². The van der Waals surface area contributed by atoms with E-state index in [1.807, 2.05) is 13.0 Å². The zero-order valence-electron chi connectivity index (χ0n) is 13.2. The van der Waals surface area contributed by atoms with Crippen LogP contribution < -0.4 is 14.9 Å². The Balaban J connectivity index is 2.15. The van der Waals surface area contributed by atoms with Crippen molar-refractivity contribution in [3.63, 3.8) is 0 Å². The van der Waals surface area contributed by atoms with Gasteiger partial charge in [-0.1, -0.05) is 12.1 Å². The summed E-state index contributed by atoms with van der Waals surface area (Å²) in [4.78, 5) is 11.9. The van der Waals surface area contributed by atoms with Crippen LogP contribution in [0.15, 0.2) is 41.5 Å². The summed E-state index contributed by atoms with van der Waals surface area (Å²) in [6, 6.07) is 9.85. The third-order valence-corrected chi connectivity index (χ3v) is 3.29. The maximum absolute atomic E-state index is 11.9. The van der Waals surface area contributed by atoms with Gasteiger partial charge in [0.1, 0.15) is 5.75 Å². The molecule has 0 saturated carbocycles. The quantitative estimate of drug-likeness (QED) is 0.656. The van der Waals surface area contributed by atoms with Crippen molar-refractivity contribution < 1.29 is 19.4 Å². The number of methoxy groups -OCH3 is 2. The van der Waals surface area contributed by atoms with Crippen LogP contribution in [-0.2, 0) is 0 Å². The molecule has 0 aliphatic heterocycles. The van der Waals surface area contributed by atoms with Crippen LogP contribution in [0.1, 0.15) is 21.5 Å². The maximum Gasteiger partial charge on any atom is 0.275 e. The molecule has 23 heavy (non-hydrogen) atoms. The average Bonchev–Trinajstić information content (AvgIpc) is 2.56. The van der Waals surface area contributed by atoms with Gasteiger partial charge in [0.05, 0.1) is 26.0 Å². The predicted octanol–water partition coefficient (Wildman–Crippen LogP) is 2.48. The monoisotopic (exact) mass is 314 g/mol. The first-order valence-electron chi connectivity index (χ1n) is 6.91. The molecular weight excluding hydrogens is 296 g/mol. The number of amides is 1. The zero-order valence-corrected chi connectivity index (χ0v) is 13.2. The smallest absolute Gasteiger partial charge is 0.275 e. The predicted molar refractivity (Wildman–Crippen MR) is 87.5 cm³/mol. The van der Waals surface area contributed by atoms with E-state index < -0.39 is 5.91 Å². The number of aryl methyl sites for hydroxylation is 1. The number of hydrogen-bond donors (Lipinski definition) is 2. The Hall–Kier alpha value is -3.02. The maximum atomic E-state index is 11.9. The van der Waals surface area contributed by atoms with Crippen molar-refractivity contribution in [1.82, 2.24) is 5.43 Å². The molecule has 0 bridgehead atoms. The van der Waals surface area contributed by atoms with Crippen molar-refractivity contribution in [2.75, 3.05) is 14.2 Å². The first-order valence-corrected chi connectivity index (χ1v) is 6.91. The van der Waals surface area contributed by atoms with Crippen molar-refractivity contribution >= 4 is 12.1 Å². The first kappa shape index (κ1) is 16.4. The minimum atomic E-state index is -0.488. The van der Waals surface area contributed by atoms with Crippen molar-refractivity contribution in [1.29, 1.82) is 0 Å². The van der Waals surface area contributed by atoms with Crippen molar-refractivity contribution in [2.24, 2.45) is 5.10 Å². The van der Waals surface area contributed by atoms with E-state index in [1.165, 1.54) is 18.3 Å². The highest BCUT2D eigenvalue weighted by molar-refractivity contribution is 5.97. The highest BCUT2D eigenvalue weighted by atomic mass is 16.5. The number of carbonyl (C=O) groups excluding carboxylic acids is 1. The number of phenols is 1. The van der Waals surface area contributed by atoms with E-state index >= 15 is 0 Å². The molecule has 0 atom stereocenters. The van der Waals surface area contributed by atoms with Gasteiger partial charge >= 0.3 is 0 Å². The number of nitrogens with one attached hydrogen (secondary N) is 1. The molecule has 2 rings (SSSR count). The van der Waals surface area contributed by atoms with Gasteiger partial charge in [0.2, 0.25) is 0 Å². The molecule has 0 saturated heterocycles. The fraction of sp³-hybridized carbons (Fsp3) is 0.176. The van der Waals surface area contributed by atoms with Crippen molar-refractivity contribution in [3.05, 3.63) is 53.1 Å². The lowest BCUT2D eigenvalue weighted by atomic mass is 10.1. The summed E-state index contributed by atoms with van der Waals surface area (Å²) in [5, 5.41) is 13.5. The van der Waals surface area contributed by atoms with Crippen molar-refractivity contribution in [2.45, 2.75) is 6.92 Å². The molecule has 6 nitrogen and oxygen atoms in total. The van der Waals surface area contributed by atoms with E-state index in [0.29, 0.717) is 11.5 Å². The normalized spacial score (nSPS) is 10.6. The minimum absolute atomic E-state index is 0.0949. The van der Waals surface area contributed by atoms with Gasteiger partial charge in [-0.3, -0.25) is 4.79 Å². The molecule has 0 aromatic heterocycles. The number of benzene rings is 2. The standard InChI is InChI=1S/C17H18N2O4/c1-11-8-15(22-2)16(23-3)9-12(11)10-18-19-17(21)13-6-4-5-7-14(13)20/h4-10,20H,1-3H3,(H,19,21). The Labute approximate surface area is 134 Å². The molecule has 0 spiro atoms. The molecule has 2 aromatic rings. The van der Waals surface area contributed by atoms with E-state index in [-0.39, 0.29) is 11.3 Å². The number of rotatable bonds is 5. The Kier molecular flexibility index (Phi) is 5.19. The molecule has 2 N–H and O–H groups in total. The topological polar surface area (TPSA) is 80.2 Å². The van der Waals surface area contributed by atoms with Gasteiger partial charge in [0, 0.05) is 5.56 Å². The van der Waals surface area contributed by atoms with Gasteiger partial charge in [-0.25, -0.2) is 5.43 Å². The molecule has 0 radical (unpaired) electrons. The molecule has 0 unspecified atom stereocenters. The van der Waals surface area contributed by atoms with Crippen LogP contribution in [0.4, 0.5) is 0 Å². The Morgan fingerprint density at radius 2 is 1.83 bits per heavy atom. The molecule has 0 fully saturated rings. The van der Waals surface area contributed by atoms with Crippen LogP contribution >= 0.6 is 0 Å². The lowest BCUT2D eigenvalue weighted by molar-refractivity contribution is 0.0952. The second kappa shape index (κ2) is 7.31. The number of hydrogen-bond acceptors (Lipinski definition) is 5. The minimum Gasteiger partial charge on any atom is -0.507 e. The van der Waals surface area contributed by atoms with Gasteiger partial charge in [0.15, 0.2) is 11.5 Å². The lowest BCUT2D eigenvalue weighted by Crippen LogP contribution is -2.17. The molecule has 0 heterocycles. The van der Waals surface area contributed by atoms with E-state index in [4.69, 9.17) is 9.47 Å². The van der Waals surface area contributed by atoms with E-state index in [1.54, 1.807) is 32.4 Å². The highest BCUT2D eigenvalue weighted by Gasteiger charge is 2.09. The van der Waals surface area contributed by atoms with E-state index in [0.717, 1.165) is 11.1 Å². The van der Waals surface area contributed by atoms with Crippen LogP contribution in [0.25, 0.3) is 0 Å². The van der Waals surface area contributed by atoms with Crippen LogP contribution in [0, 0.1) is 6.92 Å². The summed E-state index contributed by atoms with van der Waals surface area (Å²) in [6.45, 7) is 1.90. The van der Waals surface area contributed by atoms with Crippen LogP contribution in [0.2, 0.25) is 0 Å². The number of nitrogens with zero attached hydrogens (tertiary/aromatic N) is 1. The summed E-state index contributed by atoms with van der Waals surface area (Å²) in [7, 11) is 3.12. The molecule has 0 aliphatic carbocycles. The zero-order chi connectivity index (χ0) is 16.8. The third kappa shape index (κ3) is 3.79. The molecule has 120 valence electrons. The van der Waals surface area contributed by atoms with Crippen LogP contribution in [-0.4, -0.2) is 31.4 Å². The van der Waals surface area contributed by atoms with Crippen LogP contribution in [0.3, 0.4) is 0 Å². The summed E-state index contributed by atoms with van der Waals surface area (Å²) >= 11 is 0. The molecule has 0 aliphatic rings. The fourth-order valence-electron chi connectivity index (χ4n) is 2.02. The lowest BCUT2D eigenvalue weighted by Gasteiger charge is -2.10. The van der Waals surface area contributed by atoms with Crippen LogP contribution in [0.5, 0.6) is 17.2 Å². The molecule has 6 heteroatoms. The molecule has 2 aromatic carbocycles. The van der Waals surface area contributed by atoms with E-state index in [9.17, 15) is 9.90 Å². The Morgan fingerprint density at radius 3 is 2.48 bits per heavy atom. The number of para-hydroxylation sites is 1. The molecule has 1 amide bonds. The Morgan fingerprint density at radius 1 is 1.17 bits per heavy atom. The van der Waals surface area contributed by atoms with Gasteiger partial charge in [-0.05, 0) is 36.8 Å². The third-order valence-electron chi connectivity index (χ3n) is 3.29. The first-order chi connectivity index (χ1) is 11.1. The number of aromatic hydroxyl groups is 1. The van der Waals surface area contributed by atoms with E-state index in [2.05, 4.69) is 10.5 Å². The number of ether oxygens (including phenoxy) is 2. The number of hydrazone groups is 1. The second-order valence-corrected chi connectivity index (χ2v) is 4.78. The Bertz CT molecular complexity index is 741. The summed E-state index contributed by atoms with van der Waals surface area (Å²) in [6.07, 6.45) is 1.51. The van der Waals surface area contributed by atoms with Gasteiger partial charge in [0.25, 0.3) is 5.91 Å². The molecular formula is C17H18N2O4. The largest absolute Gasteiger partial charge is 0.507 e. The fourth-order valence-corrected chi connectivity index (χ4v) is 2.02. The summed E-state index contributed by atoms with van der Waals surface area (Å²) in [5.74, 6) is 0.618. The van der Waals surface area contributed by atoms with Gasteiger partial charge in [-0.2, -0.15) is 5.10 Å². The second-order valence-electron chi connectivity index (χ2n) is 4.78. The number of carbonyl (C=O) groups is 1. The number of phenolic OH excluding ortho intramolecular Hbond substituents is 1.